The number of nitrogens with one attached hydrogen (secondary N) is 1. The van der Waals surface area contributed by atoms with E-state index in [9.17, 15) is 9.59 Å². The van der Waals surface area contributed by atoms with Gasteiger partial charge in [-0.05, 0) is 54.2 Å². The zero-order valence-corrected chi connectivity index (χ0v) is 12.2. The van der Waals surface area contributed by atoms with Gasteiger partial charge in [-0.3, -0.25) is 9.59 Å². The van der Waals surface area contributed by atoms with E-state index >= 15 is 0 Å². The van der Waals surface area contributed by atoms with E-state index in [1.807, 2.05) is 25.1 Å². The van der Waals surface area contributed by atoms with Crippen LogP contribution in [0.25, 0.3) is 0 Å². The van der Waals surface area contributed by atoms with Gasteiger partial charge < -0.3 is 10.4 Å². The molecule has 0 heterocycles. The number of carboxylic acids is 1. The summed E-state index contributed by atoms with van der Waals surface area (Å²) in [5.74, 6) is -1.24. The number of hydrogen-bond acceptors (Lipinski definition) is 2. The van der Waals surface area contributed by atoms with Crippen LogP contribution in [0.3, 0.4) is 0 Å². The number of aliphatic carboxylic acids is 1. The molecule has 1 aromatic rings. The lowest BCUT2D eigenvalue weighted by atomic mass is 10.1. The van der Waals surface area contributed by atoms with Gasteiger partial charge in [0, 0.05) is 10.5 Å². The van der Waals surface area contributed by atoms with Crippen molar-refractivity contribution in [3.63, 3.8) is 0 Å². The summed E-state index contributed by atoms with van der Waals surface area (Å²) in [6, 6.07) is 5.56. The standard InChI is InChI=1S/C14H16BrNO3/c1-8-2-5-12(15)11(6-8)13(17)16-10-4-3-9(7-10)14(18)19/h2,5-6,9-10H,3-4,7H2,1H3,(H,16,17)(H,18,19)/t9-,10+/m1/s1. The Labute approximate surface area is 120 Å². The number of aryl methyl sites for hydroxylation is 1. The first kappa shape index (κ1) is 14.1. The maximum atomic E-state index is 12.2. The molecule has 0 radical (unpaired) electrons. The molecule has 19 heavy (non-hydrogen) atoms. The van der Waals surface area contributed by atoms with Crippen molar-refractivity contribution in [2.75, 3.05) is 0 Å². The SMILES string of the molecule is Cc1ccc(Br)c(C(=O)N[C@H]2CC[C@@H](C(=O)O)C2)c1. The Morgan fingerprint density at radius 1 is 1.37 bits per heavy atom. The second-order valence-corrected chi connectivity index (χ2v) is 5.86. The molecule has 4 nitrogen and oxygen atoms in total. The van der Waals surface area contributed by atoms with Crippen LogP contribution in [0.2, 0.25) is 0 Å². The van der Waals surface area contributed by atoms with E-state index < -0.39 is 5.97 Å². The molecular weight excluding hydrogens is 310 g/mol. The maximum absolute atomic E-state index is 12.2. The lowest BCUT2D eigenvalue weighted by Gasteiger charge is -2.13. The molecule has 2 atom stereocenters. The first-order valence-corrected chi connectivity index (χ1v) is 7.06. The summed E-state index contributed by atoms with van der Waals surface area (Å²) in [7, 11) is 0. The highest BCUT2D eigenvalue weighted by Gasteiger charge is 2.30. The summed E-state index contributed by atoms with van der Waals surface area (Å²) in [5, 5.41) is 11.9. The van der Waals surface area contributed by atoms with Crippen LogP contribution in [0.1, 0.15) is 35.2 Å². The highest BCUT2D eigenvalue weighted by molar-refractivity contribution is 9.10. The van der Waals surface area contributed by atoms with Crippen molar-refractivity contribution in [1.82, 2.24) is 5.32 Å². The number of carbonyl (C=O) groups excluding carboxylic acids is 1. The van der Waals surface area contributed by atoms with Gasteiger partial charge in [-0.15, -0.1) is 0 Å². The summed E-state index contributed by atoms with van der Waals surface area (Å²) in [6.07, 6.45) is 1.88. The van der Waals surface area contributed by atoms with Gasteiger partial charge >= 0.3 is 5.97 Å². The third-order valence-electron chi connectivity index (χ3n) is 3.48. The smallest absolute Gasteiger partial charge is 0.306 e. The van der Waals surface area contributed by atoms with E-state index in [2.05, 4.69) is 21.2 Å². The van der Waals surface area contributed by atoms with Gasteiger partial charge in [0.25, 0.3) is 5.91 Å². The molecule has 0 bridgehead atoms. The third kappa shape index (κ3) is 3.35. The summed E-state index contributed by atoms with van der Waals surface area (Å²) >= 11 is 3.36. The topological polar surface area (TPSA) is 66.4 Å². The summed E-state index contributed by atoms with van der Waals surface area (Å²) < 4.78 is 0.753. The van der Waals surface area contributed by atoms with Crippen molar-refractivity contribution >= 4 is 27.8 Å². The maximum Gasteiger partial charge on any atom is 0.306 e. The number of carbonyl (C=O) groups is 2. The van der Waals surface area contributed by atoms with E-state index in [0.29, 0.717) is 18.4 Å². The lowest BCUT2D eigenvalue weighted by molar-refractivity contribution is -0.141. The molecule has 1 aliphatic carbocycles. The van der Waals surface area contributed by atoms with Crippen molar-refractivity contribution < 1.29 is 14.7 Å². The van der Waals surface area contributed by atoms with Crippen molar-refractivity contribution in [2.24, 2.45) is 5.92 Å². The molecule has 1 amide bonds. The summed E-state index contributed by atoms with van der Waals surface area (Å²) in [5.41, 5.74) is 1.61. The molecule has 1 aromatic carbocycles. The number of benzene rings is 1. The second-order valence-electron chi connectivity index (χ2n) is 5.00. The molecule has 0 saturated heterocycles. The minimum Gasteiger partial charge on any atom is -0.481 e. The molecule has 2 N–H and O–H groups in total. The largest absolute Gasteiger partial charge is 0.481 e. The lowest BCUT2D eigenvalue weighted by Crippen LogP contribution is -2.33. The van der Waals surface area contributed by atoms with Crippen LogP contribution in [0, 0.1) is 12.8 Å². The zero-order valence-electron chi connectivity index (χ0n) is 10.6. The first-order valence-electron chi connectivity index (χ1n) is 6.27. The van der Waals surface area contributed by atoms with Gasteiger partial charge in [-0.2, -0.15) is 0 Å². The quantitative estimate of drug-likeness (QED) is 0.897. The van der Waals surface area contributed by atoms with E-state index in [4.69, 9.17) is 5.11 Å². The number of amides is 1. The van der Waals surface area contributed by atoms with Crippen LogP contribution in [-0.2, 0) is 4.79 Å². The third-order valence-corrected chi connectivity index (χ3v) is 4.18. The van der Waals surface area contributed by atoms with Crippen molar-refractivity contribution in [3.8, 4) is 0 Å². The molecule has 5 heteroatoms. The fourth-order valence-corrected chi connectivity index (χ4v) is 2.84. The molecule has 0 unspecified atom stereocenters. The summed E-state index contributed by atoms with van der Waals surface area (Å²) in [4.78, 5) is 23.0. The highest BCUT2D eigenvalue weighted by Crippen LogP contribution is 2.26. The van der Waals surface area contributed by atoms with Crippen molar-refractivity contribution in [2.45, 2.75) is 32.2 Å². The van der Waals surface area contributed by atoms with Crippen molar-refractivity contribution in [3.05, 3.63) is 33.8 Å². The van der Waals surface area contributed by atoms with Gasteiger partial charge in [0.15, 0.2) is 0 Å². The van der Waals surface area contributed by atoms with Crippen LogP contribution >= 0.6 is 15.9 Å². The Morgan fingerprint density at radius 3 is 2.74 bits per heavy atom. The molecule has 1 aliphatic rings. The Balaban J connectivity index is 2.02. The predicted octanol–water partition coefficient (Wildman–Crippen LogP) is 2.74. The van der Waals surface area contributed by atoms with Gasteiger partial charge in [0.2, 0.25) is 0 Å². The van der Waals surface area contributed by atoms with Gasteiger partial charge in [0.05, 0.1) is 11.5 Å². The highest BCUT2D eigenvalue weighted by atomic mass is 79.9. The van der Waals surface area contributed by atoms with E-state index in [0.717, 1.165) is 16.5 Å². The molecule has 1 saturated carbocycles. The van der Waals surface area contributed by atoms with E-state index in [-0.39, 0.29) is 17.9 Å². The number of rotatable bonds is 3. The monoisotopic (exact) mass is 325 g/mol. The fraction of sp³-hybridized carbons (Fsp3) is 0.429. The molecule has 1 fully saturated rings. The van der Waals surface area contributed by atoms with E-state index in [1.54, 1.807) is 0 Å². The molecule has 0 aromatic heterocycles. The molecule has 2 rings (SSSR count). The van der Waals surface area contributed by atoms with Gasteiger partial charge in [-0.1, -0.05) is 11.6 Å². The fourth-order valence-electron chi connectivity index (χ4n) is 2.41. The minimum atomic E-state index is -0.770. The zero-order chi connectivity index (χ0) is 14.0. The second kappa shape index (κ2) is 5.74. The minimum absolute atomic E-state index is 0.0407. The Morgan fingerprint density at radius 2 is 2.11 bits per heavy atom. The Kier molecular flexibility index (Phi) is 4.24. The summed E-state index contributed by atoms with van der Waals surface area (Å²) in [6.45, 7) is 1.93. The van der Waals surface area contributed by atoms with Crippen LogP contribution in [0.4, 0.5) is 0 Å². The Bertz CT molecular complexity index is 515. The first-order chi connectivity index (χ1) is 8.97. The number of carboxylic acid groups (broad SMARTS) is 1. The number of halogens is 1. The molecule has 0 aliphatic heterocycles. The number of hydrogen-bond donors (Lipinski definition) is 2. The van der Waals surface area contributed by atoms with Crippen LogP contribution in [0.5, 0.6) is 0 Å². The van der Waals surface area contributed by atoms with Gasteiger partial charge in [0.1, 0.15) is 0 Å². The molecular formula is C14H16BrNO3. The predicted molar refractivity (Wildman–Crippen MR) is 75.1 cm³/mol. The van der Waals surface area contributed by atoms with E-state index in [1.165, 1.54) is 0 Å². The average Bonchev–Trinajstić information content (AvgIpc) is 2.80. The van der Waals surface area contributed by atoms with Crippen LogP contribution in [0.15, 0.2) is 22.7 Å². The van der Waals surface area contributed by atoms with Crippen LogP contribution in [-0.4, -0.2) is 23.0 Å². The normalized spacial score (nSPS) is 22.2. The molecule has 102 valence electrons. The Hall–Kier alpha value is -1.36. The van der Waals surface area contributed by atoms with Crippen LogP contribution < -0.4 is 5.32 Å². The average molecular weight is 326 g/mol. The molecule has 0 spiro atoms. The van der Waals surface area contributed by atoms with Gasteiger partial charge in [-0.25, -0.2) is 0 Å². The van der Waals surface area contributed by atoms with Crippen molar-refractivity contribution in [1.29, 1.82) is 0 Å².